The highest BCUT2D eigenvalue weighted by molar-refractivity contribution is 8.08. The van der Waals surface area contributed by atoms with Gasteiger partial charge < -0.3 is 46.0 Å². The number of hydrogen-bond donors (Lipinski definition) is 13. The Labute approximate surface area is 179 Å². The smallest absolute Gasteiger partial charge is 0.331 e. The standard InChI is InChI=1S/2C5H12O4.C3H6O2S4/c2*6-1-5(2-7,3-8)4-9;4-1(5)3(8,9)2(6)7/h2*6-9H,1-4H2;2,6-9H,(H,4,5). The van der Waals surface area contributed by atoms with E-state index in [2.05, 4.69) is 50.5 Å². The lowest BCUT2D eigenvalue weighted by Crippen LogP contribution is -2.37. The number of aliphatic hydroxyl groups excluding tert-OH is 8. The molecule has 0 aromatic carbocycles. The number of carboxylic acid groups (broad SMARTS) is 1. The summed E-state index contributed by atoms with van der Waals surface area (Å²) in [6.45, 7) is -3.25. The monoisotopic (exact) mass is 474 g/mol. The second-order valence-electron chi connectivity index (χ2n) is 5.67. The van der Waals surface area contributed by atoms with Gasteiger partial charge in [0.1, 0.15) is 0 Å². The van der Waals surface area contributed by atoms with Crippen molar-refractivity contribution in [1.82, 2.24) is 0 Å². The van der Waals surface area contributed by atoms with Gasteiger partial charge in [-0.25, -0.2) is 4.79 Å². The Morgan fingerprint density at radius 3 is 0.815 bits per heavy atom. The van der Waals surface area contributed by atoms with Crippen molar-refractivity contribution in [3.63, 3.8) is 0 Å². The molecular formula is C13H30O10S4. The van der Waals surface area contributed by atoms with Crippen LogP contribution in [0.4, 0.5) is 0 Å². The van der Waals surface area contributed by atoms with Gasteiger partial charge in [0.15, 0.2) is 4.08 Å². The first kappa shape index (κ1) is 32.2. The number of carboxylic acids is 1. The number of rotatable bonds is 10. The summed E-state index contributed by atoms with van der Waals surface area (Å²) in [6, 6.07) is 0. The van der Waals surface area contributed by atoms with Crippen LogP contribution in [0, 0.1) is 10.8 Å². The van der Waals surface area contributed by atoms with E-state index in [0.717, 1.165) is 0 Å². The maximum absolute atomic E-state index is 10.2. The van der Waals surface area contributed by atoms with Crippen molar-refractivity contribution in [2.75, 3.05) is 52.9 Å². The van der Waals surface area contributed by atoms with Gasteiger partial charge in [0.25, 0.3) is 0 Å². The second-order valence-corrected chi connectivity index (χ2v) is 8.87. The van der Waals surface area contributed by atoms with E-state index in [1.54, 1.807) is 0 Å². The van der Waals surface area contributed by atoms with Crippen LogP contribution in [-0.2, 0) is 4.79 Å². The van der Waals surface area contributed by atoms with Gasteiger partial charge in [0, 0.05) is 0 Å². The summed E-state index contributed by atoms with van der Waals surface area (Å²) in [5.41, 5.74) is -2.22. The lowest BCUT2D eigenvalue weighted by molar-refractivity contribution is -0.136. The van der Waals surface area contributed by atoms with Crippen LogP contribution >= 0.6 is 50.5 Å². The van der Waals surface area contributed by atoms with Crippen LogP contribution < -0.4 is 0 Å². The summed E-state index contributed by atoms with van der Waals surface area (Å²) >= 11 is 14.9. The lowest BCUT2D eigenvalue weighted by Gasteiger charge is -2.23. The largest absolute Gasteiger partial charge is 0.480 e. The third-order valence-electron chi connectivity index (χ3n) is 3.36. The van der Waals surface area contributed by atoms with Gasteiger partial charge in [-0.15, -0.1) is 25.3 Å². The summed E-state index contributed by atoms with van der Waals surface area (Å²) in [6.07, 6.45) is 0. The van der Waals surface area contributed by atoms with Gasteiger partial charge >= 0.3 is 5.97 Å². The molecule has 0 rings (SSSR count). The topological polar surface area (TPSA) is 199 Å². The number of hydrogen-bond acceptors (Lipinski definition) is 13. The third kappa shape index (κ3) is 12.0. The fourth-order valence-electron chi connectivity index (χ4n) is 0.710. The SMILES string of the molecule is O=C(O)C(S)(S)C(S)S.OCC(CO)(CO)CO.OCC(CO)(CO)CO. The molecule has 10 nitrogen and oxygen atoms in total. The maximum atomic E-state index is 10.2. The Kier molecular flexibility index (Phi) is 19.5. The Bertz CT molecular complexity index is 321. The summed E-state index contributed by atoms with van der Waals surface area (Å²) in [4.78, 5) is 10.2. The van der Waals surface area contributed by atoms with Crippen LogP contribution in [0.2, 0.25) is 0 Å². The van der Waals surface area contributed by atoms with Gasteiger partial charge in [-0.1, -0.05) is 0 Å². The van der Waals surface area contributed by atoms with Gasteiger partial charge in [0.2, 0.25) is 0 Å². The van der Waals surface area contributed by atoms with E-state index in [9.17, 15) is 4.79 Å². The fourth-order valence-corrected chi connectivity index (χ4v) is 0.931. The number of aliphatic hydroxyl groups is 8. The highest BCUT2D eigenvalue weighted by Crippen LogP contribution is 2.30. The van der Waals surface area contributed by atoms with E-state index in [4.69, 9.17) is 46.0 Å². The van der Waals surface area contributed by atoms with Gasteiger partial charge in [-0.3, -0.25) is 0 Å². The summed E-state index contributed by atoms with van der Waals surface area (Å²) < 4.78 is -2.16. The van der Waals surface area contributed by atoms with Crippen molar-refractivity contribution < 1.29 is 50.8 Å². The predicted octanol–water partition coefficient (Wildman–Crippen LogP) is -3.30. The molecule has 0 aliphatic rings. The van der Waals surface area contributed by atoms with Crippen LogP contribution in [0.25, 0.3) is 0 Å². The normalized spacial score (nSPS) is 12.0. The molecule has 0 saturated heterocycles. The molecule has 0 atom stereocenters. The van der Waals surface area contributed by atoms with Crippen LogP contribution in [0.3, 0.4) is 0 Å². The lowest BCUT2D eigenvalue weighted by atomic mass is 9.93. The molecule has 0 radical (unpaired) electrons. The molecule has 27 heavy (non-hydrogen) atoms. The molecule has 0 aliphatic heterocycles. The number of thiol groups is 4. The Morgan fingerprint density at radius 1 is 0.630 bits per heavy atom. The molecule has 0 aliphatic carbocycles. The van der Waals surface area contributed by atoms with Gasteiger partial charge in [-0.05, 0) is 0 Å². The zero-order valence-corrected chi connectivity index (χ0v) is 18.0. The van der Waals surface area contributed by atoms with Crippen LogP contribution in [0.5, 0.6) is 0 Å². The fraction of sp³-hybridized carbons (Fsp3) is 0.923. The summed E-state index contributed by atoms with van der Waals surface area (Å²) in [5.74, 6) is -1.15. The quantitative estimate of drug-likeness (QED) is 0.112. The molecule has 0 heterocycles. The number of aliphatic carboxylic acids is 1. The maximum Gasteiger partial charge on any atom is 0.331 e. The highest BCUT2D eigenvalue weighted by Gasteiger charge is 2.35. The van der Waals surface area contributed by atoms with E-state index in [1.807, 2.05) is 0 Å². The molecule has 0 saturated carbocycles. The second kappa shape index (κ2) is 16.4. The first-order valence-corrected chi connectivity index (χ1v) is 9.22. The Morgan fingerprint density at radius 2 is 0.815 bits per heavy atom. The predicted molar refractivity (Wildman–Crippen MR) is 112 cm³/mol. The minimum absolute atomic E-state index is 0.406. The molecule has 0 aromatic heterocycles. The Hall–Kier alpha value is 0.550. The van der Waals surface area contributed by atoms with Crippen molar-refractivity contribution in [2.24, 2.45) is 10.8 Å². The summed E-state index contributed by atoms with van der Waals surface area (Å²) in [7, 11) is 0. The first-order chi connectivity index (χ1) is 12.4. The first-order valence-electron chi connectivity index (χ1n) is 7.29. The molecule has 166 valence electrons. The van der Waals surface area contributed by atoms with Crippen LogP contribution in [0.15, 0.2) is 0 Å². The Balaban J connectivity index is -0.000000320. The van der Waals surface area contributed by atoms with E-state index in [0.29, 0.717) is 0 Å². The van der Waals surface area contributed by atoms with Crippen molar-refractivity contribution in [3.8, 4) is 0 Å². The zero-order chi connectivity index (χ0) is 22.3. The van der Waals surface area contributed by atoms with Crippen molar-refractivity contribution in [3.05, 3.63) is 0 Å². The van der Waals surface area contributed by atoms with Crippen LogP contribution in [-0.4, -0.2) is 113 Å². The van der Waals surface area contributed by atoms with Gasteiger partial charge in [-0.2, -0.15) is 25.3 Å². The molecule has 0 fully saturated rings. The zero-order valence-electron chi connectivity index (χ0n) is 14.5. The average molecular weight is 475 g/mol. The van der Waals surface area contributed by atoms with E-state index >= 15 is 0 Å². The molecule has 0 bridgehead atoms. The molecule has 14 heteroatoms. The van der Waals surface area contributed by atoms with Crippen molar-refractivity contribution >= 4 is 56.5 Å². The minimum Gasteiger partial charge on any atom is -0.480 e. The molecule has 0 spiro atoms. The number of carbonyl (C=O) groups is 1. The highest BCUT2D eigenvalue weighted by atomic mass is 32.2. The minimum atomic E-state index is -1.47. The molecule has 0 amide bonds. The third-order valence-corrected chi connectivity index (χ3v) is 5.85. The van der Waals surface area contributed by atoms with E-state index < -0.39 is 78.3 Å². The van der Waals surface area contributed by atoms with Crippen molar-refractivity contribution in [2.45, 2.75) is 8.66 Å². The molecular weight excluding hydrogens is 444 g/mol. The van der Waals surface area contributed by atoms with Crippen molar-refractivity contribution in [1.29, 1.82) is 0 Å². The van der Waals surface area contributed by atoms with E-state index in [1.165, 1.54) is 0 Å². The van der Waals surface area contributed by atoms with Crippen LogP contribution in [0.1, 0.15) is 0 Å². The molecule has 9 N–H and O–H groups in total. The average Bonchev–Trinajstić information content (AvgIpc) is 2.67. The van der Waals surface area contributed by atoms with E-state index in [-0.39, 0.29) is 0 Å². The molecule has 0 unspecified atom stereocenters. The summed E-state index contributed by atoms with van der Waals surface area (Å²) in [5, 5.41) is 76.3. The molecule has 0 aromatic rings. The van der Waals surface area contributed by atoms with Gasteiger partial charge in [0.05, 0.1) is 68.3 Å².